The number of aliphatic hydroxyl groups excluding tert-OH is 1. The van der Waals surface area contributed by atoms with Gasteiger partial charge in [0, 0.05) is 0 Å². The van der Waals surface area contributed by atoms with Gasteiger partial charge in [0.1, 0.15) is 11.9 Å². The molecule has 0 saturated heterocycles. The Labute approximate surface area is 120 Å². The van der Waals surface area contributed by atoms with Crippen molar-refractivity contribution < 1.29 is 23.0 Å². The molecule has 0 amide bonds. The zero-order valence-electron chi connectivity index (χ0n) is 11.6. The number of rotatable bonds is 3. The monoisotopic (exact) mass is 296 g/mol. The van der Waals surface area contributed by atoms with Crippen LogP contribution >= 0.6 is 0 Å². The lowest BCUT2D eigenvalue weighted by molar-refractivity contribution is -0.274. The fourth-order valence-electron chi connectivity index (χ4n) is 2.31. The second-order valence-corrected chi connectivity index (χ2v) is 4.83. The fourth-order valence-corrected chi connectivity index (χ4v) is 2.31. The molecule has 0 fully saturated rings. The van der Waals surface area contributed by atoms with Crippen molar-refractivity contribution in [2.45, 2.75) is 26.3 Å². The Morgan fingerprint density at radius 3 is 2.14 bits per heavy atom. The molecule has 0 saturated carbocycles. The van der Waals surface area contributed by atoms with Gasteiger partial charge in [0.15, 0.2) is 0 Å². The van der Waals surface area contributed by atoms with Crippen LogP contribution in [0.2, 0.25) is 0 Å². The summed E-state index contributed by atoms with van der Waals surface area (Å²) in [5.41, 5.74) is 2.81. The van der Waals surface area contributed by atoms with Crippen LogP contribution in [0.4, 0.5) is 13.2 Å². The summed E-state index contributed by atoms with van der Waals surface area (Å²) in [5, 5.41) is 10.4. The van der Waals surface area contributed by atoms with Crippen molar-refractivity contribution in [3.63, 3.8) is 0 Å². The Balaban J connectivity index is 2.36. The van der Waals surface area contributed by atoms with Crippen molar-refractivity contribution in [1.29, 1.82) is 0 Å². The molecule has 0 bridgehead atoms. The molecule has 1 atom stereocenters. The zero-order chi connectivity index (χ0) is 15.6. The van der Waals surface area contributed by atoms with Crippen LogP contribution in [0.1, 0.15) is 28.4 Å². The fraction of sp³-hybridized carbons (Fsp3) is 0.250. The number of alkyl halides is 3. The van der Waals surface area contributed by atoms with Gasteiger partial charge < -0.3 is 9.84 Å². The Morgan fingerprint density at radius 2 is 1.57 bits per heavy atom. The van der Waals surface area contributed by atoms with Gasteiger partial charge in [-0.1, -0.05) is 30.3 Å². The smallest absolute Gasteiger partial charge is 0.406 e. The SMILES string of the molecule is Cc1cccc(C)c1C(O)c1cccc(OC(F)(F)F)c1. The van der Waals surface area contributed by atoms with E-state index in [4.69, 9.17) is 0 Å². The van der Waals surface area contributed by atoms with Crippen molar-refractivity contribution in [3.8, 4) is 5.75 Å². The Bertz CT molecular complexity index is 615. The number of aliphatic hydroxyl groups is 1. The lowest BCUT2D eigenvalue weighted by atomic mass is 9.93. The second-order valence-electron chi connectivity index (χ2n) is 4.83. The highest BCUT2D eigenvalue weighted by molar-refractivity contribution is 5.42. The van der Waals surface area contributed by atoms with E-state index in [-0.39, 0.29) is 5.75 Å². The molecule has 1 N–H and O–H groups in total. The number of hydrogen-bond acceptors (Lipinski definition) is 2. The number of hydrogen-bond donors (Lipinski definition) is 1. The minimum atomic E-state index is -4.75. The first-order valence-electron chi connectivity index (χ1n) is 6.38. The summed E-state index contributed by atoms with van der Waals surface area (Å²) in [7, 11) is 0. The predicted molar refractivity (Wildman–Crippen MR) is 73.1 cm³/mol. The molecule has 2 nitrogen and oxygen atoms in total. The molecule has 0 radical (unpaired) electrons. The van der Waals surface area contributed by atoms with Crippen LogP contribution < -0.4 is 4.74 Å². The van der Waals surface area contributed by atoms with Crippen molar-refractivity contribution >= 4 is 0 Å². The number of aryl methyl sites for hydroxylation is 2. The van der Waals surface area contributed by atoms with Crippen LogP contribution in [0.5, 0.6) is 5.75 Å². The Kier molecular flexibility index (Phi) is 4.23. The first-order valence-corrected chi connectivity index (χ1v) is 6.38. The van der Waals surface area contributed by atoms with E-state index in [0.717, 1.165) is 11.1 Å². The number of benzene rings is 2. The zero-order valence-corrected chi connectivity index (χ0v) is 11.6. The van der Waals surface area contributed by atoms with Gasteiger partial charge in [0.05, 0.1) is 0 Å². The van der Waals surface area contributed by atoms with Crippen LogP contribution in [0.15, 0.2) is 42.5 Å². The molecule has 2 aromatic carbocycles. The van der Waals surface area contributed by atoms with E-state index in [2.05, 4.69) is 4.74 Å². The molecule has 21 heavy (non-hydrogen) atoms. The minimum absolute atomic E-state index is 0.342. The van der Waals surface area contributed by atoms with Crippen molar-refractivity contribution in [1.82, 2.24) is 0 Å². The van der Waals surface area contributed by atoms with Crippen LogP contribution in [0.25, 0.3) is 0 Å². The summed E-state index contributed by atoms with van der Waals surface area (Å²) >= 11 is 0. The molecule has 1 unspecified atom stereocenters. The molecule has 0 spiro atoms. The normalized spacial score (nSPS) is 13.0. The molecule has 0 aliphatic heterocycles. The highest BCUT2D eigenvalue weighted by atomic mass is 19.4. The average Bonchev–Trinajstić information content (AvgIpc) is 2.36. The third-order valence-electron chi connectivity index (χ3n) is 3.22. The van der Waals surface area contributed by atoms with E-state index in [0.29, 0.717) is 11.1 Å². The minimum Gasteiger partial charge on any atom is -0.406 e. The quantitative estimate of drug-likeness (QED) is 0.916. The number of halogens is 3. The van der Waals surface area contributed by atoms with Crippen LogP contribution in [0, 0.1) is 13.8 Å². The molecule has 112 valence electrons. The summed E-state index contributed by atoms with van der Waals surface area (Å²) in [4.78, 5) is 0. The van der Waals surface area contributed by atoms with Crippen LogP contribution in [-0.2, 0) is 0 Å². The summed E-state index contributed by atoms with van der Waals surface area (Å²) in [5.74, 6) is -0.342. The van der Waals surface area contributed by atoms with Crippen LogP contribution in [-0.4, -0.2) is 11.5 Å². The molecule has 0 heterocycles. The number of ether oxygens (including phenoxy) is 1. The maximum absolute atomic E-state index is 12.2. The molecule has 0 aliphatic rings. The molecule has 5 heteroatoms. The molecule has 2 aromatic rings. The molecular weight excluding hydrogens is 281 g/mol. The summed E-state index contributed by atoms with van der Waals surface area (Å²) < 4.78 is 40.6. The molecule has 0 aliphatic carbocycles. The standard InChI is InChI=1S/C16H15F3O2/c1-10-5-3-6-11(2)14(10)15(20)12-7-4-8-13(9-12)21-16(17,18)19/h3-9,15,20H,1-2H3. The van der Waals surface area contributed by atoms with Gasteiger partial charge in [-0.05, 0) is 48.2 Å². The van der Waals surface area contributed by atoms with Crippen molar-refractivity contribution in [2.24, 2.45) is 0 Å². The van der Waals surface area contributed by atoms with E-state index in [1.54, 1.807) is 6.07 Å². The summed E-state index contributed by atoms with van der Waals surface area (Å²) in [6.07, 6.45) is -5.75. The van der Waals surface area contributed by atoms with Gasteiger partial charge in [-0.15, -0.1) is 13.2 Å². The highest BCUT2D eigenvalue weighted by Gasteiger charge is 2.31. The topological polar surface area (TPSA) is 29.5 Å². The van der Waals surface area contributed by atoms with Gasteiger partial charge in [0.2, 0.25) is 0 Å². The van der Waals surface area contributed by atoms with E-state index < -0.39 is 12.5 Å². The van der Waals surface area contributed by atoms with Crippen molar-refractivity contribution in [3.05, 3.63) is 64.7 Å². The molecular formula is C16H15F3O2. The van der Waals surface area contributed by atoms with Gasteiger partial charge in [-0.25, -0.2) is 0 Å². The Hall–Kier alpha value is -2.01. The van der Waals surface area contributed by atoms with E-state index in [9.17, 15) is 18.3 Å². The summed E-state index contributed by atoms with van der Waals surface area (Å²) in [6, 6.07) is 11.0. The first kappa shape index (κ1) is 15.4. The first-order chi connectivity index (χ1) is 9.78. The summed E-state index contributed by atoms with van der Waals surface area (Å²) in [6.45, 7) is 3.70. The largest absolute Gasteiger partial charge is 0.573 e. The van der Waals surface area contributed by atoms with E-state index in [1.165, 1.54) is 18.2 Å². The third-order valence-corrected chi connectivity index (χ3v) is 3.22. The van der Waals surface area contributed by atoms with Gasteiger partial charge in [-0.3, -0.25) is 0 Å². The predicted octanol–water partition coefficient (Wildman–Crippen LogP) is 4.28. The second kappa shape index (κ2) is 5.77. The van der Waals surface area contributed by atoms with Gasteiger partial charge in [0.25, 0.3) is 0 Å². The average molecular weight is 296 g/mol. The third kappa shape index (κ3) is 3.76. The lowest BCUT2D eigenvalue weighted by Gasteiger charge is -2.18. The van der Waals surface area contributed by atoms with Gasteiger partial charge in [-0.2, -0.15) is 0 Å². The maximum Gasteiger partial charge on any atom is 0.573 e. The maximum atomic E-state index is 12.2. The molecule has 0 aromatic heterocycles. The highest BCUT2D eigenvalue weighted by Crippen LogP contribution is 2.31. The molecule has 2 rings (SSSR count). The lowest BCUT2D eigenvalue weighted by Crippen LogP contribution is -2.17. The van der Waals surface area contributed by atoms with Crippen LogP contribution in [0.3, 0.4) is 0 Å². The van der Waals surface area contributed by atoms with Crippen molar-refractivity contribution in [2.75, 3.05) is 0 Å². The van der Waals surface area contributed by atoms with E-state index >= 15 is 0 Å². The van der Waals surface area contributed by atoms with E-state index in [1.807, 2.05) is 32.0 Å². The van der Waals surface area contributed by atoms with Gasteiger partial charge >= 0.3 is 6.36 Å². The Morgan fingerprint density at radius 1 is 1.00 bits per heavy atom.